The van der Waals surface area contributed by atoms with Crippen LogP contribution >= 0.6 is 15.9 Å². The minimum absolute atomic E-state index is 0.0131. The molecule has 3 aromatic rings. The zero-order chi connectivity index (χ0) is 13.2. The predicted octanol–water partition coefficient (Wildman–Crippen LogP) is 3.90. The van der Waals surface area contributed by atoms with Crippen LogP contribution in [0.4, 0.5) is 0 Å². The normalized spacial score (nSPS) is 12.7. The Morgan fingerprint density at radius 3 is 2.79 bits per heavy atom. The largest absolute Gasteiger partial charge is 0.452 e. The minimum Gasteiger partial charge on any atom is -0.452 e. The number of furan rings is 1. The van der Waals surface area contributed by atoms with E-state index in [9.17, 15) is 0 Å². The maximum atomic E-state index is 5.67. The molecule has 0 amide bonds. The lowest BCUT2D eigenvalue weighted by molar-refractivity contribution is 0.448. The Morgan fingerprint density at radius 2 is 2.05 bits per heavy atom. The fourth-order valence-electron chi connectivity index (χ4n) is 2.31. The SMILES string of the molecule is CNC(c1ccc(Br)o1)c1cccc2ncccc12. The molecule has 0 aliphatic carbocycles. The molecule has 19 heavy (non-hydrogen) atoms. The molecule has 0 bridgehead atoms. The highest BCUT2D eigenvalue weighted by Gasteiger charge is 2.18. The molecule has 0 saturated carbocycles. The van der Waals surface area contributed by atoms with Crippen LogP contribution in [0.25, 0.3) is 10.9 Å². The van der Waals surface area contributed by atoms with Gasteiger partial charge in [-0.2, -0.15) is 0 Å². The van der Waals surface area contributed by atoms with Crippen LogP contribution in [0.15, 0.2) is 57.7 Å². The molecule has 96 valence electrons. The molecule has 3 rings (SSSR count). The van der Waals surface area contributed by atoms with Crippen molar-refractivity contribution in [2.75, 3.05) is 7.05 Å². The average Bonchev–Trinajstić information content (AvgIpc) is 2.86. The quantitative estimate of drug-likeness (QED) is 0.796. The van der Waals surface area contributed by atoms with Gasteiger partial charge in [0.05, 0.1) is 11.6 Å². The first kappa shape index (κ1) is 12.4. The van der Waals surface area contributed by atoms with Gasteiger partial charge in [0, 0.05) is 11.6 Å². The third kappa shape index (κ3) is 2.29. The van der Waals surface area contributed by atoms with Crippen LogP contribution < -0.4 is 5.32 Å². The lowest BCUT2D eigenvalue weighted by Crippen LogP contribution is -2.17. The summed E-state index contributed by atoms with van der Waals surface area (Å²) in [6.45, 7) is 0. The Morgan fingerprint density at radius 1 is 1.16 bits per heavy atom. The second-order valence-corrected chi connectivity index (χ2v) is 5.06. The lowest BCUT2D eigenvalue weighted by Gasteiger charge is -2.16. The molecule has 0 aliphatic rings. The topological polar surface area (TPSA) is 38.1 Å². The van der Waals surface area contributed by atoms with Crippen molar-refractivity contribution in [3.8, 4) is 0 Å². The van der Waals surface area contributed by atoms with Crippen molar-refractivity contribution in [2.45, 2.75) is 6.04 Å². The van der Waals surface area contributed by atoms with Crippen molar-refractivity contribution in [3.05, 3.63) is 64.7 Å². The minimum atomic E-state index is 0.0131. The second kappa shape index (κ2) is 5.15. The van der Waals surface area contributed by atoms with Crippen LogP contribution in [0.3, 0.4) is 0 Å². The van der Waals surface area contributed by atoms with Gasteiger partial charge < -0.3 is 9.73 Å². The maximum Gasteiger partial charge on any atom is 0.169 e. The summed E-state index contributed by atoms with van der Waals surface area (Å²) in [5.41, 5.74) is 2.15. The molecule has 1 atom stereocenters. The number of hydrogen-bond donors (Lipinski definition) is 1. The van der Waals surface area contributed by atoms with Crippen LogP contribution in [0.5, 0.6) is 0 Å². The molecule has 4 heteroatoms. The Balaban J connectivity index is 2.16. The molecular formula is C15H13BrN2O. The average molecular weight is 317 g/mol. The summed E-state index contributed by atoms with van der Waals surface area (Å²) in [5, 5.41) is 4.43. The van der Waals surface area contributed by atoms with Gasteiger partial charge in [-0.15, -0.1) is 0 Å². The summed E-state index contributed by atoms with van der Waals surface area (Å²) >= 11 is 3.35. The Hall–Kier alpha value is -1.65. The molecule has 1 unspecified atom stereocenters. The Kier molecular flexibility index (Phi) is 3.36. The van der Waals surface area contributed by atoms with E-state index < -0.39 is 0 Å². The summed E-state index contributed by atoms with van der Waals surface area (Å²) in [5.74, 6) is 0.880. The molecule has 0 radical (unpaired) electrons. The van der Waals surface area contributed by atoms with E-state index in [0.29, 0.717) is 0 Å². The van der Waals surface area contributed by atoms with Gasteiger partial charge in [0.2, 0.25) is 0 Å². The van der Waals surface area contributed by atoms with E-state index in [1.165, 1.54) is 0 Å². The number of hydrogen-bond acceptors (Lipinski definition) is 3. The highest BCUT2D eigenvalue weighted by atomic mass is 79.9. The highest BCUT2D eigenvalue weighted by Crippen LogP contribution is 2.30. The van der Waals surface area contributed by atoms with Crippen LogP contribution in [0.2, 0.25) is 0 Å². The first-order valence-electron chi connectivity index (χ1n) is 6.06. The monoisotopic (exact) mass is 316 g/mol. The van der Waals surface area contributed by atoms with E-state index in [4.69, 9.17) is 4.42 Å². The van der Waals surface area contributed by atoms with Gasteiger partial charge in [0.15, 0.2) is 4.67 Å². The Labute approximate surface area is 119 Å². The fraction of sp³-hybridized carbons (Fsp3) is 0.133. The lowest BCUT2D eigenvalue weighted by atomic mass is 9.99. The highest BCUT2D eigenvalue weighted by molar-refractivity contribution is 9.10. The van der Waals surface area contributed by atoms with Gasteiger partial charge in [0.25, 0.3) is 0 Å². The van der Waals surface area contributed by atoms with E-state index in [0.717, 1.165) is 26.9 Å². The molecule has 1 aromatic carbocycles. The number of fused-ring (bicyclic) bond motifs is 1. The molecule has 0 fully saturated rings. The van der Waals surface area contributed by atoms with E-state index in [-0.39, 0.29) is 6.04 Å². The summed E-state index contributed by atoms with van der Waals surface area (Å²) in [6.07, 6.45) is 1.81. The molecule has 0 spiro atoms. The van der Waals surface area contributed by atoms with Gasteiger partial charge in [-0.25, -0.2) is 0 Å². The van der Waals surface area contributed by atoms with Crippen molar-refractivity contribution in [1.82, 2.24) is 10.3 Å². The van der Waals surface area contributed by atoms with E-state index in [1.807, 2.05) is 43.6 Å². The molecule has 2 aromatic heterocycles. The number of nitrogens with one attached hydrogen (secondary N) is 1. The second-order valence-electron chi connectivity index (χ2n) is 4.28. The number of benzene rings is 1. The molecule has 0 aliphatic heterocycles. The van der Waals surface area contributed by atoms with Crippen LogP contribution in [-0.2, 0) is 0 Å². The van der Waals surface area contributed by atoms with Gasteiger partial charge in [-0.05, 0) is 52.8 Å². The molecule has 2 heterocycles. The van der Waals surface area contributed by atoms with Gasteiger partial charge in [-0.1, -0.05) is 18.2 Å². The summed E-state index contributed by atoms with van der Waals surface area (Å²) in [6, 6.07) is 14.1. The van der Waals surface area contributed by atoms with Crippen molar-refractivity contribution in [1.29, 1.82) is 0 Å². The summed E-state index contributed by atoms with van der Waals surface area (Å²) in [4.78, 5) is 4.39. The third-order valence-electron chi connectivity index (χ3n) is 3.16. The fourth-order valence-corrected chi connectivity index (χ4v) is 2.63. The first-order chi connectivity index (χ1) is 9.29. The van der Waals surface area contributed by atoms with E-state index in [1.54, 1.807) is 0 Å². The third-order valence-corrected chi connectivity index (χ3v) is 3.58. The van der Waals surface area contributed by atoms with E-state index >= 15 is 0 Å². The summed E-state index contributed by atoms with van der Waals surface area (Å²) < 4.78 is 6.41. The number of pyridine rings is 1. The molecular weight excluding hydrogens is 304 g/mol. The van der Waals surface area contributed by atoms with Crippen LogP contribution in [-0.4, -0.2) is 12.0 Å². The van der Waals surface area contributed by atoms with Crippen molar-refractivity contribution < 1.29 is 4.42 Å². The zero-order valence-corrected chi connectivity index (χ0v) is 12.0. The standard InChI is InChI=1S/C15H13BrN2O/c1-17-15(13-7-8-14(16)19-13)11-4-2-6-12-10(11)5-3-9-18-12/h2-9,15,17H,1H3. The Bertz CT molecular complexity index is 703. The van der Waals surface area contributed by atoms with Crippen LogP contribution in [0, 0.1) is 0 Å². The van der Waals surface area contributed by atoms with Crippen LogP contribution in [0.1, 0.15) is 17.4 Å². The number of aromatic nitrogens is 1. The van der Waals surface area contributed by atoms with Crippen molar-refractivity contribution in [2.24, 2.45) is 0 Å². The smallest absolute Gasteiger partial charge is 0.169 e. The predicted molar refractivity (Wildman–Crippen MR) is 79.1 cm³/mol. The maximum absolute atomic E-state index is 5.67. The van der Waals surface area contributed by atoms with Crippen molar-refractivity contribution in [3.63, 3.8) is 0 Å². The van der Waals surface area contributed by atoms with Gasteiger partial charge in [0.1, 0.15) is 5.76 Å². The number of halogens is 1. The van der Waals surface area contributed by atoms with Crippen molar-refractivity contribution >= 4 is 26.8 Å². The zero-order valence-electron chi connectivity index (χ0n) is 10.4. The number of nitrogens with zero attached hydrogens (tertiary/aromatic N) is 1. The number of rotatable bonds is 3. The van der Waals surface area contributed by atoms with E-state index in [2.05, 4.69) is 38.4 Å². The van der Waals surface area contributed by atoms with Gasteiger partial charge >= 0.3 is 0 Å². The first-order valence-corrected chi connectivity index (χ1v) is 6.85. The summed E-state index contributed by atoms with van der Waals surface area (Å²) in [7, 11) is 1.93. The molecule has 1 N–H and O–H groups in total. The molecule has 0 saturated heterocycles. The molecule has 3 nitrogen and oxygen atoms in total. The van der Waals surface area contributed by atoms with Gasteiger partial charge in [-0.3, -0.25) is 4.98 Å².